The lowest BCUT2D eigenvalue weighted by Gasteiger charge is -2.26. The van der Waals surface area contributed by atoms with Crippen LogP contribution < -0.4 is 10.1 Å². The first-order valence-electron chi connectivity index (χ1n) is 5.28. The van der Waals surface area contributed by atoms with E-state index in [1.807, 2.05) is 0 Å². The van der Waals surface area contributed by atoms with Gasteiger partial charge >= 0.3 is 12.1 Å². The first-order chi connectivity index (χ1) is 9.13. The van der Waals surface area contributed by atoms with Crippen LogP contribution in [0.2, 0.25) is 0 Å². The zero-order valence-corrected chi connectivity index (χ0v) is 10.4. The molecule has 1 aromatic carbocycles. The van der Waals surface area contributed by atoms with Crippen LogP contribution in [0.15, 0.2) is 18.2 Å². The molecular formula is C11H7ClF5NO2. The maximum absolute atomic E-state index is 13.1. The highest BCUT2D eigenvalue weighted by Gasteiger charge is 2.62. The van der Waals surface area contributed by atoms with Gasteiger partial charge in [0.15, 0.2) is 6.61 Å². The van der Waals surface area contributed by atoms with Gasteiger partial charge in [0.1, 0.15) is 11.1 Å². The highest BCUT2D eigenvalue weighted by Crippen LogP contribution is 2.48. The van der Waals surface area contributed by atoms with Crippen molar-refractivity contribution in [3.63, 3.8) is 0 Å². The van der Waals surface area contributed by atoms with Crippen molar-refractivity contribution in [2.75, 3.05) is 11.9 Å². The maximum Gasteiger partial charge on any atom is 0.455 e. The van der Waals surface area contributed by atoms with E-state index in [2.05, 4.69) is 5.32 Å². The first kappa shape index (κ1) is 14.8. The van der Waals surface area contributed by atoms with Crippen LogP contribution in [0.25, 0.3) is 0 Å². The average molecular weight is 316 g/mol. The molecule has 1 amide bonds. The van der Waals surface area contributed by atoms with E-state index in [9.17, 15) is 26.7 Å². The van der Waals surface area contributed by atoms with Gasteiger partial charge in [-0.25, -0.2) is 0 Å². The first-order valence-corrected chi connectivity index (χ1v) is 5.72. The second-order valence-corrected chi connectivity index (χ2v) is 4.51. The molecule has 0 fully saturated rings. The van der Waals surface area contributed by atoms with Crippen molar-refractivity contribution in [2.45, 2.75) is 17.5 Å². The average Bonchev–Trinajstić information content (AvgIpc) is 2.35. The van der Waals surface area contributed by atoms with E-state index >= 15 is 0 Å². The van der Waals surface area contributed by atoms with Crippen LogP contribution in [0, 0.1) is 0 Å². The Morgan fingerprint density at radius 3 is 2.50 bits per heavy atom. The van der Waals surface area contributed by atoms with Gasteiger partial charge in [-0.3, -0.25) is 4.79 Å². The second-order valence-electron chi connectivity index (χ2n) is 4.08. The van der Waals surface area contributed by atoms with Crippen molar-refractivity contribution in [1.82, 2.24) is 0 Å². The molecule has 3 nitrogen and oxygen atoms in total. The van der Waals surface area contributed by atoms with Gasteiger partial charge in [0.2, 0.25) is 0 Å². The molecule has 0 aliphatic carbocycles. The number of alkyl halides is 6. The Balaban J connectivity index is 2.34. The Morgan fingerprint density at radius 2 is 1.90 bits per heavy atom. The van der Waals surface area contributed by atoms with Crippen LogP contribution in [0.3, 0.4) is 0 Å². The summed E-state index contributed by atoms with van der Waals surface area (Å²) in [5.41, 5.74) is -0.471. The maximum atomic E-state index is 13.1. The zero-order valence-electron chi connectivity index (χ0n) is 9.60. The van der Waals surface area contributed by atoms with Gasteiger partial charge in [0.25, 0.3) is 5.91 Å². The SMILES string of the molecule is O=C1COc2ccc(C(Cl)C(F)(F)C(F)(F)F)cc2N1. The number of nitrogens with one attached hydrogen (secondary N) is 1. The molecular weight excluding hydrogens is 309 g/mol. The zero-order chi connectivity index (χ0) is 15.1. The fourth-order valence-corrected chi connectivity index (χ4v) is 1.87. The van der Waals surface area contributed by atoms with Gasteiger partial charge in [-0.2, -0.15) is 22.0 Å². The number of carbonyl (C=O) groups is 1. The van der Waals surface area contributed by atoms with E-state index in [0.29, 0.717) is 0 Å². The van der Waals surface area contributed by atoms with Gasteiger partial charge in [0, 0.05) is 0 Å². The second kappa shape index (κ2) is 4.76. The lowest BCUT2D eigenvalue weighted by atomic mass is 10.0. The van der Waals surface area contributed by atoms with Crippen molar-refractivity contribution >= 4 is 23.2 Å². The van der Waals surface area contributed by atoms with Crippen LogP contribution in [-0.2, 0) is 4.79 Å². The highest BCUT2D eigenvalue weighted by molar-refractivity contribution is 6.21. The molecule has 9 heteroatoms. The molecule has 1 unspecified atom stereocenters. The molecule has 0 radical (unpaired) electrons. The summed E-state index contributed by atoms with van der Waals surface area (Å²) >= 11 is 5.24. The predicted octanol–water partition coefficient (Wildman–Crippen LogP) is 3.50. The number of ether oxygens (including phenoxy) is 1. The summed E-state index contributed by atoms with van der Waals surface area (Å²) in [6.07, 6.45) is -5.77. The van der Waals surface area contributed by atoms with E-state index < -0.39 is 28.9 Å². The molecule has 2 rings (SSSR count). The Bertz CT molecular complexity index is 546. The normalized spacial score (nSPS) is 17.0. The van der Waals surface area contributed by atoms with Gasteiger partial charge in [-0.05, 0) is 17.7 Å². The Morgan fingerprint density at radius 1 is 1.25 bits per heavy atom. The molecule has 1 heterocycles. The molecule has 0 spiro atoms. The fourth-order valence-electron chi connectivity index (χ4n) is 1.61. The summed E-state index contributed by atoms with van der Waals surface area (Å²) in [5.74, 6) is -5.46. The van der Waals surface area contributed by atoms with Crippen molar-refractivity contribution < 1.29 is 31.5 Å². The Hall–Kier alpha value is -1.57. The summed E-state index contributed by atoms with van der Waals surface area (Å²) in [6.45, 7) is -0.255. The van der Waals surface area contributed by atoms with E-state index in [4.69, 9.17) is 16.3 Å². The Kier molecular flexibility index (Phi) is 3.53. The molecule has 1 atom stereocenters. The number of carbonyl (C=O) groups excluding carboxylic acids is 1. The monoisotopic (exact) mass is 315 g/mol. The van der Waals surface area contributed by atoms with Gasteiger partial charge < -0.3 is 10.1 Å². The third-order valence-corrected chi connectivity index (χ3v) is 3.15. The van der Waals surface area contributed by atoms with E-state index in [1.54, 1.807) is 0 Å². The van der Waals surface area contributed by atoms with Crippen molar-refractivity contribution in [3.05, 3.63) is 23.8 Å². The van der Waals surface area contributed by atoms with E-state index in [-0.39, 0.29) is 18.0 Å². The fraction of sp³-hybridized carbons (Fsp3) is 0.364. The Labute approximate surface area is 114 Å². The van der Waals surface area contributed by atoms with Gasteiger partial charge in [0.05, 0.1) is 5.69 Å². The minimum Gasteiger partial charge on any atom is -0.482 e. The number of hydrogen-bond acceptors (Lipinski definition) is 2. The third kappa shape index (κ3) is 2.52. The molecule has 0 bridgehead atoms. The molecule has 0 saturated carbocycles. The van der Waals surface area contributed by atoms with Crippen LogP contribution in [-0.4, -0.2) is 24.6 Å². The van der Waals surface area contributed by atoms with Crippen molar-refractivity contribution in [3.8, 4) is 5.75 Å². The van der Waals surface area contributed by atoms with E-state index in [1.165, 1.54) is 6.07 Å². The lowest BCUT2D eigenvalue weighted by molar-refractivity contribution is -0.283. The molecule has 1 aliphatic heterocycles. The molecule has 1 aliphatic rings. The summed E-state index contributed by atoms with van der Waals surface area (Å²) in [5, 5.41) is -0.308. The molecule has 0 aromatic heterocycles. The standard InChI is InChI=1S/C11H7ClF5NO2/c12-9(10(13,14)11(15,16)17)5-1-2-7-6(3-5)18-8(19)4-20-7/h1-3,9H,4H2,(H,18,19). The highest BCUT2D eigenvalue weighted by atomic mass is 35.5. The molecule has 1 N–H and O–H groups in total. The van der Waals surface area contributed by atoms with Crippen molar-refractivity contribution in [2.24, 2.45) is 0 Å². The smallest absolute Gasteiger partial charge is 0.455 e. The number of hydrogen-bond donors (Lipinski definition) is 1. The molecule has 0 saturated heterocycles. The lowest BCUT2D eigenvalue weighted by Crippen LogP contribution is -2.40. The minimum atomic E-state index is -5.77. The number of amides is 1. The molecule has 110 valence electrons. The van der Waals surface area contributed by atoms with E-state index in [0.717, 1.165) is 12.1 Å². The minimum absolute atomic E-state index is 0.00220. The van der Waals surface area contributed by atoms with Crippen molar-refractivity contribution in [1.29, 1.82) is 0 Å². The van der Waals surface area contributed by atoms with Gasteiger partial charge in [-0.15, -0.1) is 11.6 Å². The molecule has 20 heavy (non-hydrogen) atoms. The summed E-state index contributed by atoms with van der Waals surface area (Å²) in [6, 6.07) is 3.10. The van der Waals surface area contributed by atoms with Crippen LogP contribution in [0.1, 0.15) is 10.9 Å². The number of fused-ring (bicyclic) bond motifs is 1. The third-order valence-electron chi connectivity index (χ3n) is 2.63. The quantitative estimate of drug-likeness (QED) is 0.670. The summed E-state index contributed by atoms with van der Waals surface area (Å²) < 4.78 is 68.0. The van der Waals surface area contributed by atoms with Crippen LogP contribution in [0.4, 0.5) is 27.6 Å². The molecule has 1 aromatic rings. The number of benzene rings is 1. The number of halogens is 6. The summed E-state index contributed by atoms with van der Waals surface area (Å²) in [7, 11) is 0. The largest absolute Gasteiger partial charge is 0.482 e. The van der Waals surface area contributed by atoms with Crippen LogP contribution >= 0.6 is 11.6 Å². The number of rotatable bonds is 2. The van der Waals surface area contributed by atoms with Gasteiger partial charge in [-0.1, -0.05) is 6.07 Å². The predicted molar refractivity (Wildman–Crippen MR) is 60.2 cm³/mol. The number of anilines is 1. The summed E-state index contributed by atoms with van der Waals surface area (Å²) in [4.78, 5) is 11.1. The topological polar surface area (TPSA) is 38.3 Å². The van der Waals surface area contributed by atoms with Crippen LogP contribution in [0.5, 0.6) is 5.75 Å².